The van der Waals surface area contributed by atoms with Crippen molar-refractivity contribution in [2.45, 2.75) is 26.9 Å². The van der Waals surface area contributed by atoms with Gasteiger partial charge in [-0.15, -0.1) is 11.3 Å². The topological polar surface area (TPSA) is 100 Å². The van der Waals surface area contributed by atoms with Gasteiger partial charge in [0.1, 0.15) is 35.2 Å². The summed E-state index contributed by atoms with van der Waals surface area (Å²) in [6.07, 6.45) is 1.29. The van der Waals surface area contributed by atoms with Crippen LogP contribution >= 0.6 is 11.3 Å². The van der Waals surface area contributed by atoms with Crippen LogP contribution in [0.1, 0.15) is 43.7 Å². The van der Waals surface area contributed by atoms with Crippen LogP contribution in [0.2, 0.25) is 0 Å². The third-order valence-corrected chi connectivity index (χ3v) is 6.32. The number of allylic oxidation sites excluding steroid dienone is 1. The molecule has 2 aromatic carbocycles. The smallest absolute Gasteiger partial charge is 0.348 e. The Kier molecular flexibility index (Phi) is 8.50. The molecule has 0 spiro atoms. The van der Waals surface area contributed by atoms with E-state index in [1.54, 1.807) is 50.2 Å². The number of carbonyl (C=O) groups excluding carboxylic acids is 2. The van der Waals surface area contributed by atoms with Crippen molar-refractivity contribution in [1.29, 1.82) is 10.5 Å². The van der Waals surface area contributed by atoms with Crippen LogP contribution in [0.25, 0.3) is 6.08 Å². The summed E-state index contributed by atoms with van der Waals surface area (Å²) in [6.45, 7) is 3.79. The van der Waals surface area contributed by atoms with Crippen LogP contribution in [0.5, 0.6) is 5.75 Å². The van der Waals surface area contributed by atoms with E-state index in [4.69, 9.17) is 9.47 Å². The normalized spacial score (nSPS) is 10.8. The highest BCUT2D eigenvalue weighted by Crippen LogP contribution is 2.29. The first-order chi connectivity index (χ1) is 16.9. The number of halogens is 1. The molecule has 1 aromatic heterocycles. The van der Waals surface area contributed by atoms with E-state index in [1.807, 2.05) is 12.1 Å². The number of nitrogens with zero attached hydrogens (tertiary/aromatic N) is 2. The SMILES string of the molecule is CCOC(=O)c1sc(CC(=O)/C(C#N)=C/c2ccc(OCc3ccc(F)cc3)cc2)c(C#N)c1C. The van der Waals surface area contributed by atoms with Crippen molar-refractivity contribution in [2.75, 3.05) is 6.61 Å². The molecule has 0 unspecified atom stereocenters. The molecule has 0 aliphatic rings. The lowest BCUT2D eigenvalue weighted by molar-refractivity contribution is -0.114. The van der Waals surface area contributed by atoms with Crippen molar-refractivity contribution < 1.29 is 23.5 Å². The third-order valence-electron chi connectivity index (χ3n) is 5.04. The van der Waals surface area contributed by atoms with E-state index in [1.165, 1.54) is 18.2 Å². The van der Waals surface area contributed by atoms with Gasteiger partial charge < -0.3 is 9.47 Å². The Morgan fingerprint density at radius 2 is 1.77 bits per heavy atom. The lowest BCUT2D eigenvalue weighted by atomic mass is 10.0. The van der Waals surface area contributed by atoms with Crippen molar-refractivity contribution in [3.8, 4) is 17.9 Å². The fourth-order valence-electron chi connectivity index (χ4n) is 3.23. The van der Waals surface area contributed by atoms with Crippen molar-refractivity contribution >= 4 is 29.2 Å². The molecule has 0 fully saturated rings. The minimum absolute atomic E-state index is 0.0717. The Balaban J connectivity index is 1.71. The molecule has 1 heterocycles. The number of hydrogen-bond acceptors (Lipinski definition) is 7. The van der Waals surface area contributed by atoms with E-state index < -0.39 is 11.8 Å². The predicted molar refractivity (Wildman–Crippen MR) is 129 cm³/mol. The Labute approximate surface area is 206 Å². The number of nitriles is 2. The first-order valence-corrected chi connectivity index (χ1v) is 11.5. The van der Waals surface area contributed by atoms with Gasteiger partial charge >= 0.3 is 5.97 Å². The highest BCUT2D eigenvalue weighted by molar-refractivity contribution is 7.14. The van der Waals surface area contributed by atoms with Gasteiger partial charge in [-0.2, -0.15) is 10.5 Å². The van der Waals surface area contributed by atoms with E-state index in [-0.39, 0.29) is 41.5 Å². The number of esters is 1. The molecule has 3 aromatic rings. The Morgan fingerprint density at radius 1 is 1.09 bits per heavy atom. The fourth-order valence-corrected chi connectivity index (χ4v) is 4.37. The number of Topliss-reactive ketones (excluding diaryl/α,β-unsaturated/α-hetero) is 1. The van der Waals surface area contributed by atoms with Gasteiger partial charge in [-0.1, -0.05) is 24.3 Å². The quantitative estimate of drug-likeness (QED) is 0.223. The lowest BCUT2D eigenvalue weighted by Gasteiger charge is -2.07. The number of hydrogen-bond donors (Lipinski definition) is 0. The van der Waals surface area contributed by atoms with Gasteiger partial charge in [0.05, 0.1) is 17.7 Å². The maximum absolute atomic E-state index is 13.0. The van der Waals surface area contributed by atoms with E-state index in [0.29, 0.717) is 21.8 Å². The standard InChI is InChI=1S/C27H21FN2O4S/c1-3-33-27(32)26-17(2)23(15-30)25(35-26)13-24(31)20(14-29)12-18-6-10-22(11-7-18)34-16-19-4-8-21(28)9-5-19/h4-12H,3,13,16H2,1-2H3/b20-12+. The summed E-state index contributed by atoms with van der Waals surface area (Å²) in [4.78, 5) is 25.7. The minimum Gasteiger partial charge on any atom is -0.489 e. The van der Waals surface area contributed by atoms with Crippen molar-refractivity contribution in [2.24, 2.45) is 0 Å². The van der Waals surface area contributed by atoms with Crippen LogP contribution in [-0.2, 0) is 22.6 Å². The van der Waals surface area contributed by atoms with Gasteiger partial charge in [0, 0.05) is 11.3 Å². The van der Waals surface area contributed by atoms with Crippen molar-refractivity contribution in [3.63, 3.8) is 0 Å². The van der Waals surface area contributed by atoms with Gasteiger partial charge in [-0.3, -0.25) is 4.79 Å². The second-order valence-corrected chi connectivity index (χ2v) is 8.55. The Morgan fingerprint density at radius 3 is 2.37 bits per heavy atom. The molecular formula is C27H21FN2O4S. The van der Waals surface area contributed by atoms with Crippen molar-refractivity contribution in [3.05, 3.63) is 91.9 Å². The monoisotopic (exact) mass is 488 g/mol. The molecule has 0 atom stereocenters. The van der Waals surface area contributed by atoms with Crippen LogP contribution in [0.15, 0.2) is 54.1 Å². The van der Waals surface area contributed by atoms with Gasteiger partial charge in [0.25, 0.3) is 0 Å². The average molecular weight is 489 g/mol. The van der Waals surface area contributed by atoms with E-state index in [9.17, 15) is 24.5 Å². The number of ketones is 1. The summed E-state index contributed by atoms with van der Waals surface area (Å²) in [7, 11) is 0. The Hall–Kier alpha value is -4.27. The summed E-state index contributed by atoms with van der Waals surface area (Å²) in [5.74, 6) is -0.735. The van der Waals surface area contributed by atoms with Crippen molar-refractivity contribution in [1.82, 2.24) is 0 Å². The molecule has 0 aliphatic heterocycles. The molecule has 6 nitrogen and oxygen atoms in total. The zero-order valence-electron chi connectivity index (χ0n) is 19.1. The second kappa shape index (κ2) is 11.7. The first kappa shape index (κ1) is 25.4. The average Bonchev–Trinajstić information content (AvgIpc) is 3.17. The van der Waals surface area contributed by atoms with Gasteiger partial charge in [-0.05, 0) is 60.9 Å². The van der Waals surface area contributed by atoms with E-state index in [0.717, 1.165) is 16.9 Å². The molecule has 0 bridgehead atoms. The first-order valence-electron chi connectivity index (χ1n) is 10.7. The van der Waals surface area contributed by atoms with E-state index >= 15 is 0 Å². The number of carbonyl (C=O) groups is 2. The zero-order valence-corrected chi connectivity index (χ0v) is 19.9. The van der Waals surface area contributed by atoms with E-state index in [2.05, 4.69) is 0 Å². The number of benzene rings is 2. The fraction of sp³-hybridized carbons (Fsp3) is 0.185. The molecule has 0 saturated carbocycles. The zero-order chi connectivity index (χ0) is 25.4. The molecule has 0 aliphatic carbocycles. The maximum Gasteiger partial charge on any atom is 0.348 e. The summed E-state index contributed by atoms with van der Waals surface area (Å²) < 4.78 is 23.7. The maximum atomic E-state index is 13.0. The highest BCUT2D eigenvalue weighted by atomic mass is 32.1. The molecular weight excluding hydrogens is 467 g/mol. The van der Waals surface area contributed by atoms with Gasteiger partial charge in [0.15, 0.2) is 5.78 Å². The van der Waals surface area contributed by atoms with Crippen LogP contribution in [0.3, 0.4) is 0 Å². The third kappa shape index (κ3) is 6.41. The molecule has 0 saturated heterocycles. The molecule has 0 amide bonds. The summed E-state index contributed by atoms with van der Waals surface area (Å²) in [6, 6.07) is 16.8. The molecule has 176 valence electrons. The van der Waals surface area contributed by atoms with Crippen LogP contribution in [0.4, 0.5) is 4.39 Å². The van der Waals surface area contributed by atoms with Crippen LogP contribution in [-0.4, -0.2) is 18.4 Å². The van der Waals surface area contributed by atoms with Gasteiger partial charge in [0.2, 0.25) is 0 Å². The Bertz CT molecular complexity index is 1340. The highest BCUT2D eigenvalue weighted by Gasteiger charge is 2.23. The summed E-state index contributed by atoms with van der Waals surface area (Å²) >= 11 is 1.04. The molecule has 0 radical (unpaired) electrons. The molecule has 0 N–H and O–H groups in total. The number of ether oxygens (including phenoxy) is 2. The summed E-state index contributed by atoms with van der Waals surface area (Å²) in [5, 5.41) is 19.0. The number of rotatable bonds is 9. The largest absolute Gasteiger partial charge is 0.489 e. The molecule has 3 rings (SSSR count). The predicted octanol–water partition coefficient (Wildman–Crippen LogP) is 5.54. The minimum atomic E-state index is -0.539. The van der Waals surface area contributed by atoms with Gasteiger partial charge in [-0.25, -0.2) is 9.18 Å². The summed E-state index contributed by atoms with van der Waals surface area (Å²) in [5.41, 5.74) is 2.10. The van der Waals surface area contributed by atoms with Crippen LogP contribution < -0.4 is 4.74 Å². The second-order valence-electron chi connectivity index (χ2n) is 7.44. The lowest BCUT2D eigenvalue weighted by Crippen LogP contribution is -2.05. The number of thiophene rings is 1. The van der Waals surface area contributed by atoms with Crippen LogP contribution in [0, 0.1) is 35.4 Å². The molecule has 35 heavy (non-hydrogen) atoms. The molecule has 8 heteroatoms.